The van der Waals surface area contributed by atoms with Crippen LogP contribution in [0.5, 0.6) is 0 Å². The fourth-order valence-electron chi connectivity index (χ4n) is 2.35. The standard InChI is InChI=1S/C19H26N4.HI/c1-23(18-11-6-3-7-12-18)16-8-14-21-19(20)22-15-13-17-9-4-2-5-10-17;/h2-7,9-12H,8,13-16H2,1H3,(H3,20,21,22);1H. The van der Waals surface area contributed by atoms with Gasteiger partial charge in [0.1, 0.15) is 0 Å². The number of rotatable bonds is 8. The summed E-state index contributed by atoms with van der Waals surface area (Å²) in [6, 6.07) is 20.7. The maximum atomic E-state index is 5.89. The Morgan fingerprint density at radius 1 is 1.04 bits per heavy atom. The summed E-state index contributed by atoms with van der Waals surface area (Å²) in [5.41, 5.74) is 8.42. The van der Waals surface area contributed by atoms with Gasteiger partial charge in [-0.15, -0.1) is 24.0 Å². The van der Waals surface area contributed by atoms with Crippen molar-refractivity contribution in [1.82, 2.24) is 5.32 Å². The molecule has 2 rings (SSSR count). The van der Waals surface area contributed by atoms with Gasteiger partial charge >= 0.3 is 0 Å². The minimum Gasteiger partial charge on any atom is -0.375 e. The third-order valence-electron chi connectivity index (χ3n) is 3.69. The molecule has 0 saturated heterocycles. The molecule has 0 heterocycles. The van der Waals surface area contributed by atoms with E-state index < -0.39 is 0 Å². The van der Waals surface area contributed by atoms with Gasteiger partial charge in [0.15, 0.2) is 5.96 Å². The fraction of sp³-hybridized carbons (Fsp3) is 0.316. The third-order valence-corrected chi connectivity index (χ3v) is 3.69. The van der Waals surface area contributed by atoms with Crippen LogP contribution in [-0.4, -0.2) is 32.6 Å². The van der Waals surface area contributed by atoms with Gasteiger partial charge in [0.2, 0.25) is 0 Å². The molecule has 4 nitrogen and oxygen atoms in total. The van der Waals surface area contributed by atoms with Gasteiger partial charge in [-0.3, -0.25) is 4.99 Å². The number of nitrogens with zero attached hydrogens (tertiary/aromatic N) is 2. The van der Waals surface area contributed by atoms with Crippen molar-refractivity contribution in [2.45, 2.75) is 12.8 Å². The topological polar surface area (TPSA) is 53.6 Å². The minimum absolute atomic E-state index is 0. The van der Waals surface area contributed by atoms with Crippen molar-refractivity contribution in [3.63, 3.8) is 0 Å². The minimum atomic E-state index is 0. The zero-order valence-corrected chi connectivity index (χ0v) is 16.5. The molecule has 0 spiro atoms. The molecular formula is C19H27IN4. The molecule has 0 amide bonds. The van der Waals surface area contributed by atoms with Crippen LogP contribution < -0.4 is 16.0 Å². The predicted molar refractivity (Wildman–Crippen MR) is 114 cm³/mol. The number of nitrogens with one attached hydrogen (secondary N) is 1. The van der Waals surface area contributed by atoms with Crippen LogP contribution in [0, 0.1) is 0 Å². The SMILES string of the molecule is CN(CCCN=C(N)NCCc1ccccc1)c1ccccc1.I. The van der Waals surface area contributed by atoms with Crippen molar-refractivity contribution in [2.24, 2.45) is 10.7 Å². The smallest absolute Gasteiger partial charge is 0.188 e. The number of aliphatic imine (C=N–C) groups is 1. The Balaban J connectivity index is 0.00000288. The molecular weight excluding hydrogens is 411 g/mol. The first-order valence-corrected chi connectivity index (χ1v) is 8.09. The lowest BCUT2D eigenvalue weighted by molar-refractivity contribution is 0.784. The Bertz CT molecular complexity index is 587. The van der Waals surface area contributed by atoms with Crippen LogP contribution in [0.25, 0.3) is 0 Å². The number of hydrogen-bond acceptors (Lipinski definition) is 2. The number of halogens is 1. The van der Waals surface area contributed by atoms with Crippen LogP contribution in [-0.2, 0) is 6.42 Å². The largest absolute Gasteiger partial charge is 0.375 e. The summed E-state index contributed by atoms with van der Waals surface area (Å²) < 4.78 is 0. The van der Waals surface area contributed by atoms with Gasteiger partial charge < -0.3 is 16.0 Å². The van der Waals surface area contributed by atoms with E-state index in [1.807, 2.05) is 12.1 Å². The van der Waals surface area contributed by atoms with Gasteiger partial charge in [-0.2, -0.15) is 0 Å². The maximum Gasteiger partial charge on any atom is 0.188 e. The molecule has 130 valence electrons. The first-order valence-electron chi connectivity index (χ1n) is 8.09. The molecule has 0 unspecified atom stereocenters. The Morgan fingerprint density at radius 2 is 1.67 bits per heavy atom. The second kappa shape index (κ2) is 11.7. The average molecular weight is 438 g/mol. The van der Waals surface area contributed by atoms with E-state index in [-0.39, 0.29) is 24.0 Å². The van der Waals surface area contributed by atoms with Crippen molar-refractivity contribution >= 4 is 35.6 Å². The molecule has 2 aromatic carbocycles. The summed E-state index contributed by atoms with van der Waals surface area (Å²) in [4.78, 5) is 6.61. The number of hydrogen-bond donors (Lipinski definition) is 2. The van der Waals surface area contributed by atoms with Crippen molar-refractivity contribution in [3.8, 4) is 0 Å². The fourth-order valence-corrected chi connectivity index (χ4v) is 2.35. The highest BCUT2D eigenvalue weighted by Crippen LogP contribution is 2.10. The Labute approximate surface area is 162 Å². The molecule has 24 heavy (non-hydrogen) atoms. The number of anilines is 1. The highest BCUT2D eigenvalue weighted by Gasteiger charge is 1.99. The van der Waals surface area contributed by atoms with E-state index in [1.54, 1.807) is 0 Å². The van der Waals surface area contributed by atoms with E-state index in [0.717, 1.165) is 32.5 Å². The van der Waals surface area contributed by atoms with E-state index in [0.29, 0.717) is 5.96 Å². The number of guanidine groups is 1. The molecule has 0 aliphatic carbocycles. The molecule has 3 N–H and O–H groups in total. The van der Waals surface area contributed by atoms with Crippen LogP contribution >= 0.6 is 24.0 Å². The van der Waals surface area contributed by atoms with Gasteiger partial charge in [0.05, 0.1) is 0 Å². The van der Waals surface area contributed by atoms with Gasteiger partial charge in [0.25, 0.3) is 0 Å². The molecule has 0 aliphatic rings. The Kier molecular flexibility index (Phi) is 9.91. The van der Waals surface area contributed by atoms with Crippen LogP contribution in [0.2, 0.25) is 0 Å². The van der Waals surface area contributed by atoms with Gasteiger partial charge in [0, 0.05) is 32.4 Å². The maximum absolute atomic E-state index is 5.89. The second-order valence-corrected chi connectivity index (χ2v) is 5.54. The van der Waals surface area contributed by atoms with Crippen LogP contribution in [0.15, 0.2) is 65.7 Å². The first kappa shape index (κ1) is 20.3. The predicted octanol–water partition coefficient (Wildman–Crippen LogP) is 3.28. The monoisotopic (exact) mass is 438 g/mol. The second-order valence-electron chi connectivity index (χ2n) is 5.54. The lowest BCUT2D eigenvalue weighted by Gasteiger charge is -2.18. The van der Waals surface area contributed by atoms with Crippen molar-refractivity contribution in [3.05, 3.63) is 66.2 Å². The van der Waals surface area contributed by atoms with Crippen LogP contribution in [0.3, 0.4) is 0 Å². The molecule has 0 aliphatic heterocycles. The lowest BCUT2D eigenvalue weighted by Crippen LogP contribution is -2.33. The third kappa shape index (κ3) is 7.68. The van der Waals surface area contributed by atoms with Gasteiger partial charge in [-0.25, -0.2) is 0 Å². The Hall–Kier alpha value is -1.76. The summed E-state index contributed by atoms with van der Waals surface area (Å²) >= 11 is 0. The molecule has 2 aromatic rings. The van der Waals surface area contributed by atoms with E-state index in [9.17, 15) is 0 Å². The van der Waals surface area contributed by atoms with Gasteiger partial charge in [-0.05, 0) is 30.5 Å². The van der Waals surface area contributed by atoms with Crippen molar-refractivity contribution in [2.75, 3.05) is 31.6 Å². The summed E-state index contributed by atoms with van der Waals surface area (Å²) in [5.74, 6) is 0.531. The molecule has 0 radical (unpaired) electrons. The first-order chi connectivity index (χ1) is 11.3. The van der Waals surface area contributed by atoms with E-state index in [4.69, 9.17) is 5.73 Å². The Morgan fingerprint density at radius 3 is 2.33 bits per heavy atom. The summed E-state index contributed by atoms with van der Waals surface area (Å²) in [6.45, 7) is 2.51. The molecule has 0 aromatic heterocycles. The molecule has 0 fully saturated rings. The van der Waals surface area contributed by atoms with Gasteiger partial charge in [-0.1, -0.05) is 48.5 Å². The summed E-state index contributed by atoms with van der Waals surface area (Å²) in [6.07, 6.45) is 1.93. The molecule has 0 bridgehead atoms. The lowest BCUT2D eigenvalue weighted by atomic mass is 10.1. The summed E-state index contributed by atoms with van der Waals surface area (Å²) in [5, 5.41) is 3.17. The number of para-hydroxylation sites is 1. The number of nitrogens with two attached hydrogens (primary N) is 1. The van der Waals surface area contributed by atoms with Crippen LogP contribution in [0.1, 0.15) is 12.0 Å². The molecule has 5 heteroatoms. The molecule has 0 atom stereocenters. The molecule has 0 saturated carbocycles. The van der Waals surface area contributed by atoms with E-state index in [2.05, 4.69) is 70.8 Å². The van der Waals surface area contributed by atoms with Crippen LogP contribution in [0.4, 0.5) is 5.69 Å². The highest BCUT2D eigenvalue weighted by atomic mass is 127. The quantitative estimate of drug-likeness (QED) is 0.288. The zero-order chi connectivity index (χ0) is 16.3. The number of benzene rings is 2. The van der Waals surface area contributed by atoms with E-state index in [1.165, 1.54) is 11.3 Å². The van der Waals surface area contributed by atoms with Crippen molar-refractivity contribution in [1.29, 1.82) is 0 Å². The zero-order valence-electron chi connectivity index (χ0n) is 14.2. The average Bonchev–Trinajstić information content (AvgIpc) is 2.60. The highest BCUT2D eigenvalue weighted by molar-refractivity contribution is 14.0. The summed E-state index contributed by atoms with van der Waals surface area (Å²) in [7, 11) is 2.10. The normalized spacial score (nSPS) is 10.8. The van der Waals surface area contributed by atoms with E-state index >= 15 is 0 Å². The van der Waals surface area contributed by atoms with Crippen molar-refractivity contribution < 1.29 is 0 Å².